The zero-order valence-corrected chi connectivity index (χ0v) is 12.8. The fraction of sp³-hybridized carbons (Fsp3) is 0.0667. The molecule has 0 unspecified atom stereocenters. The molecule has 0 amide bonds. The van der Waals surface area contributed by atoms with Crippen LogP contribution in [0.15, 0.2) is 42.6 Å². The molecule has 0 bridgehead atoms. The van der Waals surface area contributed by atoms with Gasteiger partial charge in [0.1, 0.15) is 5.75 Å². The van der Waals surface area contributed by atoms with Crippen molar-refractivity contribution in [1.29, 1.82) is 0 Å². The van der Waals surface area contributed by atoms with E-state index in [-0.39, 0.29) is 34.3 Å². The number of hydrogen-bond acceptors (Lipinski definition) is 8. The van der Waals surface area contributed by atoms with E-state index in [4.69, 9.17) is 9.47 Å². The Labute approximate surface area is 140 Å². The number of fused-ring (bicyclic) bond motifs is 1. The van der Waals surface area contributed by atoms with E-state index in [1.807, 2.05) is 0 Å². The van der Waals surface area contributed by atoms with Crippen LogP contribution in [-0.4, -0.2) is 26.9 Å². The van der Waals surface area contributed by atoms with Crippen molar-refractivity contribution >= 4 is 22.4 Å². The summed E-state index contributed by atoms with van der Waals surface area (Å²) in [5, 5.41) is 22.2. The minimum atomic E-state index is -0.632. The Kier molecular flexibility index (Phi) is 4.08. The summed E-state index contributed by atoms with van der Waals surface area (Å²) in [6.07, 6.45) is 1.37. The fourth-order valence-corrected chi connectivity index (χ4v) is 2.12. The quantitative estimate of drug-likeness (QED) is 0.510. The van der Waals surface area contributed by atoms with Gasteiger partial charge in [-0.15, -0.1) is 0 Å². The minimum Gasteiger partial charge on any atom is -0.480 e. The van der Waals surface area contributed by atoms with Gasteiger partial charge in [0.2, 0.25) is 11.6 Å². The van der Waals surface area contributed by atoms with Gasteiger partial charge in [0.25, 0.3) is 5.69 Å². The molecule has 1 heterocycles. The molecule has 1 aromatic heterocycles. The predicted octanol–water partition coefficient (Wildman–Crippen LogP) is 3.25. The van der Waals surface area contributed by atoms with Crippen molar-refractivity contribution in [3.8, 4) is 17.4 Å². The Bertz CT molecular complexity index is 991. The van der Waals surface area contributed by atoms with Crippen molar-refractivity contribution in [3.63, 3.8) is 0 Å². The van der Waals surface area contributed by atoms with Crippen LogP contribution in [0.1, 0.15) is 0 Å². The summed E-state index contributed by atoms with van der Waals surface area (Å²) in [6.45, 7) is 0. The highest BCUT2D eigenvalue weighted by Gasteiger charge is 2.20. The maximum atomic E-state index is 11.3. The second-order valence-corrected chi connectivity index (χ2v) is 4.83. The zero-order chi connectivity index (χ0) is 18.0. The highest BCUT2D eigenvalue weighted by atomic mass is 16.6. The van der Waals surface area contributed by atoms with Crippen molar-refractivity contribution in [3.05, 3.63) is 62.8 Å². The molecule has 2 aromatic carbocycles. The lowest BCUT2D eigenvalue weighted by Crippen LogP contribution is -1.97. The van der Waals surface area contributed by atoms with Crippen LogP contribution in [0.3, 0.4) is 0 Å². The number of aromatic nitrogens is 2. The Balaban J connectivity index is 2.08. The normalized spacial score (nSPS) is 10.4. The molecule has 0 aliphatic carbocycles. The lowest BCUT2D eigenvalue weighted by atomic mass is 10.2. The van der Waals surface area contributed by atoms with Gasteiger partial charge in [0.05, 0.1) is 40.3 Å². The Morgan fingerprint density at radius 1 is 1.04 bits per heavy atom. The van der Waals surface area contributed by atoms with Crippen LogP contribution in [0.25, 0.3) is 11.0 Å². The van der Waals surface area contributed by atoms with E-state index >= 15 is 0 Å². The minimum absolute atomic E-state index is 0.0955. The van der Waals surface area contributed by atoms with Gasteiger partial charge in [0.15, 0.2) is 0 Å². The first-order valence-electron chi connectivity index (χ1n) is 6.89. The van der Waals surface area contributed by atoms with Crippen LogP contribution in [0.2, 0.25) is 0 Å². The van der Waals surface area contributed by atoms with Crippen LogP contribution in [0.5, 0.6) is 17.4 Å². The number of benzene rings is 2. The van der Waals surface area contributed by atoms with Gasteiger partial charge in [-0.25, -0.2) is 9.97 Å². The lowest BCUT2D eigenvalue weighted by molar-refractivity contribution is -0.385. The summed E-state index contributed by atoms with van der Waals surface area (Å²) in [5.74, 6) is 0.213. The average Bonchev–Trinajstić information content (AvgIpc) is 2.60. The Hall–Kier alpha value is -3.82. The molecular formula is C15H10N4O6. The predicted molar refractivity (Wildman–Crippen MR) is 85.9 cm³/mol. The van der Waals surface area contributed by atoms with Crippen molar-refractivity contribution in [1.82, 2.24) is 9.97 Å². The first-order chi connectivity index (χ1) is 12.0. The second-order valence-electron chi connectivity index (χ2n) is 4.83. The van der Waals surface area contributed by atoms with Crippen molar-refractivity contribution in [2.24, 2.45) is 0 Å². The maximum Gasteiger partial charge on any atom is 0.313 e. The second kappa shape index (κ2) is 6.35. The van der Waals surface area contributed by atoms with Crippen molar-refractivity contribution in [2.75, 3.05) is 7.11 Å². The molecule has 0 N–H and O–H groups in total. The number of nitro benzene ring substituents is 2. The third-order valence-electron chi connectivity index (χ3n) is 3.26. The number of nitrogens with zero attached hydrogens (tertiary/aromatic N) is 4. The van der Waals surface area contributed by atoms with Gasteiger partial charge < -0.3 is 9.47 Å². The van der Waals surface area contributed by atoms with E-state index in [0.29, 0.717) is 5.52 Å². The first-order valence-corrected chi connectivity index (χ1v) is 6.89. The SMILES string of the molecule is COc1cnc2cc(Oc3cccc([N+](=O)[O-])c3)c([N+](=O)[O-])cc2n1. The largest absolute Gasteiger partial charge is 0.480 e. The van der Waals surface area contributed by atoms with Crippen LogP contribution in [0, 0.1) is 20.2 Å². The van der Waals surface area contributed by atoms with E-state index in [1.54, 1.807) is 0 Å². The molecule has 0 radical (unpaired) electrons. The number of nitro groups is 2. The molecule has 3 rings (SSSR count). The molecule has 0 fully saturated rings. The average molecular weight is 342 g/mol. The van der Waals surface area contributed by atoms with Gasteiger partial charge in [-0.2, -0.15) is 0 Å². The molecule has 0 saturated heterocycles. The molecule has 25 heavy (non-hydrogen) atoms. The molecule has 10 heteroatoms. The van der Waals surface area contributed by atoms with Crippen molar-refractivity contribution in [2.45, 2.75) is 0 Å². The van der Waals surface area contributed by atoms with Gasteiger partial charge in [-0.1, -0.05) is 6.07 Å². The monoisotopic (exact) mass is 342 g/mol. The van der Waals surface area contributed by atoms with Crippen LogP contribution in [0.4, 0.5) is 11.4 Å². The number of ether oxygens (including phenoxy) is 2. The summed E-state index contributed by atoms with van der Waals surface area (Å²) in [7, 11) is 1.41. The van der Waals surface area contributed by atoms with Crippen LogP contribution >= 0.6 is 0 Å². The van der Waals surface area contributed by atoms with E-state index in [1.165, 1.54) is 49.7 Å². The van der Waals surface area contributed by atoms with Crippen LogP contribution in [-0.2, 0) is 0 Å². The summed E-state index contributed by atoms with van der Waals surface area (Å²) in [6, 6.07) is 7.90. The fourth-order valence-electron chi connectivity index (χ4n) is 2.12. The smallest absolute Gasteiger partial charge is 0.313 e. The third kappa shape index (κ3) is 3.27. The molecule has 0 aliphatic rings. The third-order valence-corrected chi connectivity index (χ3v) is 3.26. The molecule has 126 valence electrons. The topological polar surface area (TPSA) is 131 Å². The highest BCUT2D eigenvalue weighted by molar-refractivity contribution is 5.80. The summed E-state index contributed by atoms with van der Waals surface area (Å²) in [5.41, 5.74) is 0.0799. The van der Waals surface area contributed by atoms with Crippen LogP contribution < -0.4 is 9.47 Å². The summed E-state index contributed by atoms with van der Waals surface area (Å²) >= 11 is 0. The maximum absolute atomic E-state index is 11.3. The molecule has 10 nitrogen and oxygen atoms in total. The van der Waals surface area contributed by atoms with Gasteiger partial charge in [0, 0.05) is 18.2 Å². The number of hydrogen-bond donors (Lipinski definition) is 0. The number of methoxy groups -OCH3 is 1. The molecule has 0 atom stereocenters. The zero-order valence-electron chi connectivity index (χ0n) is 12.8. The summed E-state index contributed by atoms with van der Waals surface area (Å²) in [4.78, 5) is 29.1. The molecule has 0 saturated carbocycles. The Morgan fingerprint density at radius 2 is 1.84 bits per heavy atom. The first kappa shape index (κ1) is 16.1. The van der Waals surface area contributed by atoms with Gasteiger partial charge >= 0.3 is 5.69 Å². The van der Waals surface area contributed by atoms with E-state index in [9.17, 15) is 20.2 Å². The highest BCUT2D eigenvalue weighted by Crippen LogP contribution is 2.35. The van der Waals surface area contributed by atoms with E-state index in [0.717, 1.165) is 0 Å². The lowest BCUT2D eigenvalue weighted by Gasteiger charge is -2.08. The number of non-ortho nitro benzene ring substituents is 1. The van der Waals surface area contributed by atoms with E-state index in [2.05, 4.69) is 9.97 Å². The molecule has 0 aliphatic heterocycles. The Morgan fingerprint density at radius 3 is 2.52 bits per heavy atom. The summed E-state index contributed by atoms with van der Waals surface area (Å²) < 4.78 is 10.4. The standard InChI is InChI=1S/C15H10N4O6/c1-24-15-8-16-11-7-14(13(19(22)23)6-12(11)17-15)25-10-4-2-3-9(5-10)18(20)21/h2-8H,1H3. The van der Waals surface area contributed by atoms with Gasteiger partial charge in [-0.05, 0) is 6.07 Å². The number of rotatable bonds is 5. The molecule has 3 aromatic rings. The van der Waals surface area contributed by atoms with E-state index < -0.39 is 9.85 Å². The molecule has 0 spiro atoms. The molecular weight excluding hydrogens is 332 g/mol. The van der Waals surface area contributed by atoms with Gasteiger partial charge in [-0.3, -0.25) is 20.2 Å². The van der Waals surface area contributed by atoms with Crippen molar-refractivity contribution < 1.29 is 19.3 Å².